The summed E-state index contributed by atoms with van der Waals surface area (Å²) >= 11 is 0. The number of nitrogens with one attached hydrogen (secondary N) is 1. The molecule has 0 bridgehead atoms. The zero-order valence-electron chi connectivity index (χ0n) is 16.1. The molecular formula is C22H22N4O3. The van der Waals surface area contributed by atoms with E-state index in [0.717, 1.165) is 36.3 Å². The number of ether oxygens (including phenoxy) is 2. The molecule has 5 rings (SSSR count). The number of fused-ring (bicyclic) bond motifs is 2. The van der Waals surface area contributed by atoms with Gasteiger partial charge in [-0.2, -0.15) is 5.10 Å². The van der Waals surface area contributed by atoms with E-state index < -0.39 is 0 Å². The van der Waals surface area contributed by atoms with Crippen molar-refractivity contribution in [2.75, 3.05) is 13.3 Å². The first kappa shape index (κ1) is 17.7. The lowest BCUT2D eigenvalue weighted by Crippen LogP contribution is -2.25. The van der Waals surface area contributed by atoms with Crippen molar-refractivity contribution in [2.24, 2.45) is 0 Å². The Morgan fingerprint density at radius 3 is 3.00 bits per heavy atom. The fourth-order valence-corrected chi connectivity index (χ4v) is 3.89. The van der Waals surface area contributed by atoms with Crippen LogP contribution in [0.25, 0.3) is 16.9 Å². The highest BCUT2D eigenvalue weighted by molar-refractivity contribution is 5.99. The third kappa shape index (κ3) is 3.44. The molecule has 29 heavy (non-hydrogen) atoms. The highest BCUT2D eigenvalue weighted by Crippen LogP contribution is 2.35. The summed E-state index contributed by atoms with van der Waals surface area (Å²) < 4.78 is 12.5. The van der Waals surface area contributed by atoms with Crippen molar-refractivity contribution in [3.05, 3.63) is 53.9 Å². The van der Waals surface area contributed by atoms with Crippen LogP contribution in [-0.2, 0) is 0 Å². The number of amides is 1. The van der Waals surface area contributed by atoms with Crippen molar-refractivity contribution < 1.29 is 14.3 Å². The van der Waals surface area contributed by atoms with Gasteiger partial charge in [0.1, 0.15) is 5.56 Å². The minimum atomic E-state index is -0.147. The fraction of sp³-hybridized carbons (Fsp3) is 0.318. The maximum atomic E-state index is 12.7. The van der Waals surface area contributed by atoms with Crippen molar-refractivity contribution in [1.82, 2.24) is 19.9 Å². The van der Waals surface area contributed by atoms with Gasteiger partial charge < -0.3 is 14.8 Å². The zero-order chi connectivity index (χ0) is 19.6. The number of allylic oxidation sites excluding steroid dienone is 1. The van der Waals surface area contributed by atoms with Crippen molar-refractivity contribution in [2.45, 2.75) is 32.1 Å². The molecule has 3 heterocycles. The third-order valence-electron chi connectivity index (χ3n) is 5.43. The smallest absolute Gasteiger partial charge is 0.256 e. The van der Waals surface area contributed by atoms with Crippen LogP contribution in [0.4, 0.5) is 0 Å². The SMILES string of the molecule is O=C(NCCC1=CCCCC1)c1cnn2c(-c3ccc4c(c3)OCO4)ccnc12. The lowest BCUT2D eigenvalue weighted by atomic mass is 9.97. The first-order valence-electron chi connectivity index (χ1n) is 9.98. The van der Waals surface area contributed by atoms with Crippen LogP contribution in [0.5, 0.6) is 11.5 Å². The minimum absolute atomic E-state index is 0.147. The number of nitrogens with zero attached hydrogens (tertiary/aromatic N) is 3. The molecule has 148 valence electrons. The summed E-state index contributed by atoms with van der Waals surface area (Å²) in [6, 6.07) is 7.60. The Hall–Kier alpha value is -3.35. The number of benzene rings is 1. The number of aromatic nitrogens is 3. The van der Waals surface area contributed by atoms with Gasteiger partial charge >= 0.3 is 0 Å². The monoisotopic (exact) mass is 390 g/mol. The highest BCUT2D eigenvalue weighted by atomic mass is 16.7. The molecule has 1 aromatic carbocycles. The predicted molar refractivity (Wildman–Crippen MR) is 108 cm³/mol. The van der Waals surface area contributed by atoms with E-state index in [0.29, 0.717) is 23.5 Å². The number of hydrogen-bond donors (Lipinski definition) is 1. The molecule has 0 saturated heterocycles. The molecule has 0 unspecified atom stereocenters. The van der Waals surface area contributed by atoms with E-state index in [4.69, 9.17) is 9.47 Å². The zero-order valence-corrected chi connectivity index (χ0v) is 16.1. The molecule has 7 heteroatoms. The van der Waals surface area contributed by atoms with Crippen LogP contribution >= 0.6 is 0 Å². The molecule has 0 saturated carbocycles. The summed E-state index contributed by atoms with van der Waals surface area (Å²) in [6.45, 7) is 0.859. The van der Waals surface area contributed by atoms with Crippen LogP contribution in [-0.4, -0.2) is 33.8 Å². The van der Waals surface area contributed by atoms with E-state index in [1.807, 2.05) is 24.3 Å². The van der Waals surface area contributed by atoms with Crippen LogP contribution in [0.2, 0.25) is 0 Å². The Morgan fingerprint density at radius 1 is 1.17 bits per heavy atom. The summed E-state index contributed by atoms with van der Waals surface area (Å²) in [5.41, 5.74) is 4.21. The van der Waals surface area contributed by atoms with Gasteiger partial charge in [0.25, 0.3) is 5.91 Å². The quantitative estimate of drug-likeness (QED) is 0.672. The molecule has 0 fully saturated rings. The highest BCUT2D eigenvalue weighted by Gasteiger charge is 2.18. The van der Waals surface area contributed by atoms with Gasteiger partial charge in [0, 0.05) is 18.3 Å². The maximum Gasteiger partial charge on any atom is 0.256 e. The summed E-state index contributed by atoms with van der Waals surface area (Å²) in [5.74, 6) is 1.29. The first-order valence-corrected chi connectivity index (χ1v) is 9.98. The second-order valence-electron chi connectivity index (χ2n) is 7.31. The lowest BCUT2D eigenvalue weighted by Gasteiger charge is -2.12. The minimum Gasteiger partial charge on any atom is -0.454 e. The summed E-state index contributed by atoms with van der Waals surface area (Å²) in [6.07, 6.45) is 11.3. The fourth-order valence-electron chi connectivity index (χ4n) is 3.89. The molecule has 3 aromatic rings. The van der Waals surface area contributed by atoms with Crippen LogP contribution in [0.15, 0.2) is 48.3 Å². The first-order chi connectivity index (χ1) is 14.3. The van der Waals surface area contributed by atoms with E-state index in [-0.39, 0.29) is 12.7 Å². The Morgan fingerprint density at radius 2 is 2.10 bits per heavy atom. The lowest BCUT2D eigenvalue weighted by molar-refractivity contribution is 0.0955. The molecule has 1 aliphatic carbocycles. The van der Waals surface area contributed by atoms with E-state index in [1.165, 1.54) is 18.4 Å². The van der Waals surface area contributed by atoms with Crippen LogP contribution in [0.1, 0.15) is 42.5 Å². The Kier molecular flexibility index (Phi) is 4.63. The van der Waals surface area contributed by atoms with Gasteiger partial charge in [-0.25, -0.2) is 9.50 Å². The third-order valence-corrected chi connectivity index (χ3v) is 5.43. The van der Waals surface area contributed by atoms with Gasteiger partial charge in [0.15, 0.2) is 17.1 Å². The molecule has 0 radical (unpaired) electrons. The topological polar surface area (TPSA) is 77.8 Å². The normalized spacial score (nSPS) is 15.4. The number of hydrogen-bond acceptors (Lipinski definition) is 5. The van der Waals surface area contributed by atoms with Crippen molar-refractivity contribution >= 4 is 11.6 Å². The molecule has 1 amide bonds. The summed E-state index contributed by atoms with van der Waals surface area (Å²) in [4.78, 5) is 17.1. The van der Waals surface area contributed by atoms with Gasteiger partial charge in [0.2, 0.25) is 6.79 Å². The Balaban J connectivity index is 1.37. The molecule has 2 aromatic heterocycles. The van der Waals surface area contributed by atoms with E-state index in [9.17, 15) is 4.79 Å². The molecule has 2 aliphatic rings. The molecule has 1 N–H and O–H groups in total. The molecule has 1 aliphatic heterocycles. The van der Waals surface area contributed by atoms with Gasteiger partial charge in [-0.1, -0.05) is 11.6 Å². The van der Waals surface area contributed by atoms with Gasteiger partial charge in [-0.3, -0.25) is 4.79 Å². The van der Waals surface area contributed by atoms with Crippen LogP contribution in [0.3, 0.4) is 0 Å². The summed E-state index contributed by atoms with van der Waals surface area (Å²) in [7, 11) is 0. The standard InChI is InChI=1S/C22H22N4O3/c27-22(24-10-8-15-4-2-1-3-5-15)17-13-25-26-18(9-11-23-21(17)26)16-6-7-19-20(12-16)29-14-28-19/h4,6-7,9,11-13H,1-3,5,8,10,14H2,(H,24,27). The van der Waals surface area contributed by atoms with Gasteiger partial charge in [-0.15, -0.1) is 0 Å². The predicted octanol–water partition coefficient (Wildman–Crippen LogP) is 3.75. The second kappa shape index (κ2) is 7.58. The summed E-state index contributed by atoms with van der Waals surface area (Å²) in [5, 5.41) is 7.43. The van der Waals surface area contributed by atoms with Crippen LogP contribution in [0, 0.1) is 0 Å². The second-order valence-corrected chi connectivity index (χ2v) is 7.31. The molecule has 0 atom stereocenters. The van der Waals surface area contributed by atoms with E-state index >= 15 is 0 Å². The average Bonchev–Trinajstić information content (AvgIpc) is 3.40. The van der Waals surface area contributed by atoms with E-state index in [1.54, 1.807) is 16.9 Å². The van der Waals surface area contributed by atoms with Crippen molar-refractivity contribution in [3.8, 4) is 22.8 Å². The van der Waals surface area contributed by atoms with Crippen LogP contribution < -0.4 is 14.8 Å². The maximum absolute atomic E-state index is 12.7. The Labute approximate surface area is 168 Å². The number of carbonyl (C=O) groups excluding carboxylic acids is 1. The average molecular weight is 390 g/mol. The Bertz CT molecular complexity index is 1100. The number of rotatable bonds is 5. The number of carbonyl (C=O) groups is 1. The molecule has 7 nitrogen and oxygen atoms in total. The molecule has 0 spiro atoms. The van der Waals surface area contributed by atoms with Crippen molar-refractivity contribution in [1.29, 1.82) is 0 Å². The largest absolute Gasteiger partial charge is 0.454 e. The molecular weight excluding hydrogens is 368 g/mol. The van der Waals surface area contributed by atoms with Crippen molar-refractivity contribution in [3.63, 3.8) is 0 Å². The van der Waals surface area contributed by atoms with E-state index in [2.05, 4.69) is 21.5 Å². The van der Waals surface area contributed by atoms with Gasteiger partial charge in [-0.05, 0) is 56.4 Å². The van der Waals surface area contributed by atoms with Gasteiger partial charge in [0.05, 0.1) is 11.9 Å².